The molecule has 2 aromatic rings. The topological polar surface area (TPSA) is 96.5 Å². The predicted molar refractivity (Wildman–Crippen MR) is 85.2 cm³/mol. The van der Waals surface area contributed by atoms with E-state index >= 15 is 0 Å². The number of methoxy groups -OCH3 is 1. The van der Waals surface area contributed by atoms with Gasteiger partial charge in [0.2, 0.25) is 0 Å². The molecule has 0 spiro atoms. The molecule has 1 saturated heterocycles. The summed E-state index contributed by atoms with van der Waals surface area (Å²) in [6.45, 7) is 2.66. The number of aliphatic hydroxyl groups is 2. The molecule has 2 atom stereocenters. The number of anilines is 1. The van der Waals surface area contributed by atoms with Gasteiger partial charge in [0, 0.05) is 26.8 Å². The Morgan fingerprint density at radius 3 is 3.04 bits per heavy atom. The van der Waals surface area contributed by atoms with Crippen molar-refractivity contribution in [2.45, 2.75) is 25.5 Å². The first-order valence-corrected chi connectivity index (χ1v) is 7.91. The van der Waals surface area contributed by atoms with E-state index in [1.165, 1.54) is 6.33 Å². The number of hydrogen-bond acceptors (Lipinski definition) is 7. The first-order chi connectivity index (χ1) is 11.2. The zero-order valence-corrected chi connectivity index (χ0v) is 13.3. The summed E-state index contributed by atoms with van der Waals surface area (Å²) < 4.78 is 6.91. The van der Waals surface area contributed by atoms with Gasteiger partial charge in [-0.3, -0.25) is 0 Å². The van der Waals surface area contributed by atoms with Gasteiger partial charge < -0.3 is 24.4 Å². The molecule has 8 heteroatoms. The van der Waals surface area contributed by atoms with Crippen LogP contribution in [0.3, 0.4) is 0 Å². The Morgan fingerprint density at radius 1 is 1.39 bits per heavy atom. The minimum absolute atomic E-state index is 0.264. The van der Waals surface area contributed by atoms with E-state index in [-0.39, 0.29) is 13.2 Å². The van der Waals surface area contributed by atoms with Crippen molar-refractivity contribution in [2.75, 3.05) is 38.3 Å². The standard InChI is InChI=1S/C15H23N5O3/c1-23-5-3-11-2-4-19(6-11)14-13-15(17-9-16-14)20(10-18-13)7-12(22)8-21/h9-12,21-22H,2-8H2,1H3. The third-order valence-electron chi connectivity index (χ3n) is 4.32. The van der Waals surface area contributed by atoms with Crippen LogP contribution >= 0.6 is 0 Å². The minimum Gasteiger partial charge on any atom is -0.394 e. The van der Waals surface area contributed by atoms with E-state index < -0.39 is 6.10 Å². The largest absolute Gasteiger partial charge is 0.394 e. The van der Waals surface area contributed by atoms with Gasteiger partial charge in [-0.25, -0.2) is 15.0 Å². The highest BCUT2D eigenvalue weighted by molar-refractivity contribution is 5.83. The monoisotopic (exact) mass is 321 g/mol. The molecule has 2 aromatic heterocycles. The first kappa shape index (κ1) is 16.1. The molecule has 0 aliphatic carbocycles. The Balaban J connectivity index is 1.79. The number of rotatable bonds is 7. The van der Waals surface area contributed by atoms with Crippen LogP contribution in [0.25, 0.3) is 11.2 Å². The zero-order valence-electron chi connectivity index (χ0n) is 13.3. The highest BCUT2D eigenvalue weighted by Crippen LogP contribution is 2.28. The summed E-state index contributed by atoms with van der Waals surface area (Å²) in [6, 6.07) is 0. The molecule has 0 aromatic carbocycles. The SMILES string of the molecule is COCCC1CCN(c2ncnc3c2ncn3CC(O)CO)C1. The quantitative estimate of drug-likeness (QED) is 0.743. The van der Waals surface area contributed by atoms with Crippen LogP contribution in [0.2, 0.25) is 0 Å². The van der Waals surface area contributed by atoms with Crippen LogP contribution in [0, 0.1) is 5.92 Å². The molecule has 3 rings (SSSR count). The van der Waals surface area contributed by atoms with E-state index in [0.29, 0.717) is 11.6 Å². The van der Waals surface area contributed by atoms with Gasteiger partial charge in [-0.1, -0.05) is 0 Å². The number of nitrogens with zero attached hydrogens (tertiary/aromatic N) is 5. The smallest absolute Gasteiger partial charge is 0.165 e. The molecule has 3 heterocycles. The van der Waals surface area contributed by atoms with Crippen molar-refractivity contribution in [3.05, 3.63) is 12.7 Å². The van der Waals surface area contributed by atoms with Crippen molar-refractivity contribution in [2.24, 2.45) is 5.92 Å². The fraction of sp³-hybridized carbons (Fsp3) is 0.667. The Bertz CT molecular complexity index is 647. The number of aliphatic hydroxyl groups excluding tert-OH is 2. The highest BCUT2D eigenvalue weighted by Gasteiger charge is 2.25. The van der Waals surface area contributed by atoms with Gasteiger partial charge in [0.05, 0.1) is 25.6 Å². The number of hydrogen-bond donors (Lipinski definition) is 2. The van der Waals surface area contributed by atoms with Gasteiger partial charge in [-0.15, -0.1) is 0 Å². The summed E-state index contributed by atoms with van der Waals surface area (Å²) in [5.41, 5.74) is 1.42. The molecule has 23 heavy (non-hydrogen) atoms. The average Bonchev–Trinajstić information content (AvgIpc) is 3.20. The van der Waals surface area contributed by atoms with E-state index in [1.54, 1.807) is 18.0 Å². The Labute approximate surface area is 134 Å². The normalized spacial score (nSPS) is 19.6. The predicted octanol–water partition coefficient (Wildman–Crippen LogP) is 0.0423. The number of aromatic nitrogens is 4. The third kappa shape index (κ3) is 3.44. The maximum Gasteiger partial charge on any atom is 0.165 e. The molecule has 0 saturated carbocycles. The molecule has 1 aliphatic rings. The lowest BCUT2D eigenvalue weighted by molar-refractivity contribution is 0.0820. The van der Waals surface area contributed by atoms with Crippen LogP contribution in [0.1, 0.15) is 12.8 Å². The summed E-state index contributed by atoms with van der Waals surface area (Å²) in [5.74, 6) is 1.45. The van der Waals surface area contributed by atoms with Gasteiger partial charge in [-0.05, 0) is 18.8 Å². The summed E-state index contributed by atoms with van der Waals surface area (Å²) in [7, 11) is 1.73. The molecule has 2 N–H and O–H groups in total. The van der Waals surface area contributed by atoms with Gasteiger partial charge >= 0.3 is 0 Å². The lowest BCUT2D eigenvalue weighted by Crippen LogP contribution is -2.22. The van der Waals surface area contributed by atoms with Crippen LogP contribution in [0.4, 0.5) is 5.82 Å². The van der Waals surface area contributed by atoms with E-state index in [4.69, 9.17) is 9.84 Å². The summed E-state index contributed by atoms with van der Waals surface area (Å²) in [5, 5.41) is 18.6. The van der Waals surface area contributed by atoms with E-state index in [9.17, 15) is 5.11 Å². The maximum absolute atomic E-state index is 9.62. The molecule has 0 amide bonds. The molecule has 8 nitrogen and oxygen atoms in total. The second-order valence-corrected chi connectivity index (χ2v) is 5.99. The zero-order chi connectivity index (χ0) is 16.2. The van der Waals surface area contributed by atoms with Crippen LogP contribution < -0.4 is 4.90 Å². The molecular formula is C15H23N5O3. The third-order valence-corrected chi connectivity index (χ3v) is 4.32. The average molecular weight is 321 g/mol. The fourth-order valence-electron chi connectivity index (χ4n) is 3.06. The van der Waals surface area contributed by atoms with Crippen molar-refractivity contribution in [3.8, 4) is 0 Å². The molecule has 126 valence electrons. The number of fused-ring (bicyclic) bond motifs is 1. The lowest BCUT2D eigenvalue weighted by atomic mass is 10.1. The summed E-state index contributed by atoms with van der Waals surface area (Å²) >= 11 is 0. The van der Waals surface area contributed by atoms with Crippen LogP contribution in [-0.4, -0.2) is 69.2 Å². The van der Waals surface area contributed by atoms with Gasteiger partial charge in [-0.2, -0.15) is 0 Å². The molecule has 1 aliphatic heterocycles. The molecule has 1 fully saturated rings. The van der Waals surface area contributed by atoms with Crippen molar-refractivity contribution < 1.29 is 14.9 Å². The van der Waals surface area contributed by atoms with Gasteiger partial charge in [0.25, 0.3) is 0 Å². The van der Waals surface area contributed by atoms with E-state index in [0.717, 1.165) is 43.9 Å². The lowest BCUT2D eigenvalue weighted by Gasteiger charge is -2.17. The van der Waals surface area contributed by atoms with Crippen molar-refractivity contribution >= 4 is 17.0 Å². The van der Waals surface area contributed by atoms with Gasteiger partial charge in [0.1, 0.15) is 6.33 Å². The Kier molecular flexibility index (Phi) is 5.04. The van der Waals surface area contributed by atoms with Crippen molar-refractivity contribution in [3.63, 3.8) is 0 Å². The molecular weight excluding hydrogens is 298 g/mol. The highest BCUT2D eigenvalue weighted by atomic mass is 16.5. The molecule has 0 radical (unpaired) electrons. The van der Waals surface area contributed by atoms with Crippen LogP contribution in [0.5, 0.6) is 0 Å². The molecule has 0 bridgehead atoms. The van der Waals surface area contributed by atoms with E-state index in [1.807, 2.05) is 0 Å². The minimum atomic E-state index is -0.823. The first-order valence-electron chi connectivity index (χ1n) is 7.91. The van der Waals surface area contributed by atoms with Gasteiger partial charge in [0.15, 0.2) is 17.0 Å². The second-order valence-electron chi connectivity index (χ2n) is 5.99. The number of ether oxygens (including phenoxy) is 1. The van der Waals surface area contributed by atoms with Crippen LogP contribution in [-0.2, 0) is 11.3 Å². The summed E-state index contributed by atoms with van der Waals surface area (Å²) in [6.07, 6.45) is 4.53. The van der Waals surface area contributed by atoms with Crippen molar-refractivity contribution in [1.29, 1.82) is 0 Å². The second kappa shape index (κ2) is 7.20. The Morgan fingerprint density at radius 2 is 2.26 bits per heavy atom. The van der Waals surface area contributed by atoms with E-state index in [2.05, 4.69) is 19.9 Å². The van der Waals surface area contributed by atoms with Crippen LogP contribution in [0.15, 0.2) is 12.7 Å². The number of imidazole rings is 1. The molecule has 2 unspecified atom stereocenters. The maximum atomic E-state index is 9.62. The Hall–Kier alpha value is -1.77. The van der Waals surface area contributed by atoms with Crippen molar-refractivity contribution in [1.82, 2.24) is 19.5 Å². The fourth-order valence-corrected chi connectivity index (χ4v) is 3.06. The summed E-state index contributed by atoms with van der Waals surface area (Å²) in [4.78, 5) is 15.3.